The van der Waals surface area contributed by atoms with E-state index in [1.54, 1.807) is 0 Å². The van der Waals surface area contributed by atoms with Gasteiger partial charge in [0.25, 0.3) is 0 Å². The molecule has 5 heteroatoms. The van der Waals surface area contributed by atoms with Crippen LogP contribution in [0, 0.1) is 0 Å². The lowest BCUT2D eigenvalue weighted by atomic mass is 10.4. The van der Waals surface area contributed by atoms with E-state index in [0.717, 1.165) is 6.92 Å². The lowest BCUT2D eigenvalue weighted by molar-refractivity contribution is -0.317. The van der Waals surface area contributed by atoms with Crippen molar-refractivity contribution in [3.8, 4) is 0 Å². The molecule has 0 aromatic carbocycles. The summed E-state index contributed by atoms with van der Waals surface area (Å²) in [5, 5.41) is 16.9. The quantitative estimate of drug-likeness (QED) is 0.536. The van der Waals surface area contributed by atoms with Crippen LogP contribution >= 0.6 is 7.14 Å². The number of rotatable bonds is 2. The first-order valence-corrected chi connectivity index (χ1v) is 5.28. The molecule has 1 atom stereocenters. The van der Waals surface area contributed by atoms with Crippen LogP contribution in [0.1, 0.15) is 6.92 Å². The van der Waals surface area contributed by atoms with Gasteiger partial charge < -0.3 is 19.6 Å². The normalized spacial score (nSPS) is 18.0. The first-order chi connectivity index (χ1) is 4.19. The van der Waals surface area contributed by atoms with Gasteiger partial charge in [-0.1, -0.05) is 0 Å². The van der Waals surface area contributed by atoms with E-state index < -0.39 is 18.5 Å². The molecular weight excluding hydrogens is 155 g/mol. The van der Waals surface area contributed by atoms with E-state index in [-0.39, 0.29) is 0 Å². The summed E-state index contributed by atoms with van der Waals surface area (Å²) in [5.74, 6) is -1.69. The fourth-order valence-electron chi connectivity index (χ4n) is 0.220. The number of carbonyl (C=O) groups excluding carboxylic acids is 1. The third-order valence-electron chi connectivity index (χ3n) is 1.44. The molecule has 0 spiro atoms. The van der Waals surface area contributed by atoms with Gasteiger partial charge in [0, 0.05) is 0 Å². The lowest BCUT2D eigenvalue weighted by Gasteiger charge is -2.28. The molecule has 0 aromatic rings. The van der Waals surface area contributed by atoms with E-state index in [1.807, 2.05) is 0 Å². The predicted molar refractivity (Wildman–Crippen MR) is 35.1 cm³/mol. The molecule has 0 aliphatic carbocycles. The van der Waals surface area contributed by atoms with Crippen molar-refractivity contribution in [3.05, 3.63) is 0 Å². The molecule has 0 heterocycles. The minimum Gasteiger partial charge on any atom is -0.546 e. The molecule has 1 unspecified atom stereocenters. The number of aliphatic carboxylic acids is 1. The van der Waals surface area contributed by atoms with Crippen molar-refractivity contribution >= 4 is 13.1 Å². The standard InChI is InChI=1S/C5H11O4P/c1-5(8,4(6)7)10(2,3)9/h8H,1-3H3,(H,6,7)/p-1. The fraction of sp³-hybridized carbons (Fsp3) is 0.800. The predicted octanol–water partition coefficient (Wildman–Crippen LogP) is -0.933. The number of hydrogen-bond donors (Lipinski definition) is 1. The Morgan fingerprint density at radius 3 is 1.90 bits per heavy atom. The van der Waals surface area contributed by atoms with Gasteiger partial charge in [0.15, 0.2) is 5.34 Å². The first-order valence-electron chi connectivity index (χ1n) is 2.68. The molecule has 60 valence electrons. The van der Waals surface area contributed by atoms with E-state index in [2.05, 4.69) is 0 Å². The Kier molecular flexibility index (Phi) is 2.28. The summed E-state index contributed by atoms with van der Waals surface area (Å²) in [5.41, 5.74) is 0. The molecule has 0 aliphatic rings. The molecule has 4 nitrogen and oxygen atoms in total. The van der Waals surface area contributed by atoms with Crippen molar-refractivity contribution in [2.75, 3.05) is 13.3 Å². The van der Waals surface area contributed by atoms with Crippen LogP contribution < -0.4 is 5.11 Å². The summed E-state index contributed by atoms with van der Waals surface area (Å²) in [4.78, 5) is 10.1. The zero-order valence-electron chi connectivity index (χ0n) is 6.12. The molecule has 0 bridgehead atoms. The Hall–Kier alpha value is -0.340. The minimum absolute atomic E-state index is 0.975. The number of aliphatic hydroxyl groups is 1. The largest absolute Gasteiger partial charge is 0.546 e. The summed E-state index contributed by atoms with van der Waals surface area (Å²) in [7, 11) is -3.03. The average Bonchev–Trinajstić information content (AvgIpc) is 1.62. The summed E-state index contributed by atoms with van der Waals surface area (Å²) < 4.78 is 11.0. The highest BCUT2D eigenvalue weighted by molar-refractivity contribution is 7.64. The molecule has 1 N–H and O–H groups in total. The maximum Gasteiger partial charge on any atom is 0.153 e. The average molecular weight is 165 g/mol. The maximum absolute atomic E-state index is 11.0. The third kappa shape index (κ3) is 1.58. The minimum atomic E-state index is -3.03. The van der Waals surface area contributed by atoms with Gasteiger partial charge in [0.1, 0.15) is 7.14 Å². The van der Waals surface area contributed by atoms with E-state index in [4.69, 9.17) is 5.11 Å². The second kappa shape index (κ2) is 2.36. The van der Waals surface area contributed by atoms with E-state index >= 15 is 0 Å². The molecule has 0 radical (unpaired) electrons. The van der Waals surface area contributed by atoms with Gasteiger partial charge in [-0.2, -0.15) is 0 Å². The highest BCUT2D eigenvalue weighted by atomic mass is 31.2. The third-order valence-corrected chi connectivity index (χ3v) is 3.72. The second-order valence-electron chi connectivity index (χ2n) is 2.66. The van der Waals surface area contributed by atoms with Crippen molar-refractivity contribution in [3.63, 3.8) is 0 Å². The Morgan fingerprint density at radius 1 is 1.60 bits per heavy atom. The van der Waals surface area contributed by atoms with Gasteiger partial charge in [0.2, 0.25) is 0 Å². The van der Waals surface area contributed by atoms with Crippen molar-refractivity contribution in [1.82, 2.24) is 0 Å². The molecular formula is C5H10O4P-. The van der Waals surface area contributed by atoms with Crippen molar-refractivity contribution in [2.45, 2.75) is 12.3 Å². The summed E-state index contributed by atoms with van der Waals surface area (Å²) in [6.45, 7) is 3.37. The number of hydrogen-bond acceptors (Lipinski definition) is 4. The van der Waals surface area contributed by atoms with Crippen LogP contribution in [-0.4, -0.2) is 29.7 Å². The van der Waals surface area contributed by atoms with E-state index in [1.165, 1.54) is 13.3 Å². The Labute approximate surface area is 59.2 Å². The number of carboxylic acid groups (broad SMARTS) is 1. The zero-order chi connectivity index (χ0) is 8.58. The van der Waals surface area contributed by atoms with Crippen LogP contribution in [0.3, 0.4) is 0 Å². The van der Waals surface area contributed by atoms with Gasteiger partial charge >= 0.3 is 0 Å². The highest BCUT2D eigenvalue weighted by Crippen LogP contribution is 2.48. The zero-order valence-corrected chi connectivity index (χ0v) is 7.01. The van der Waals surface area contributed by atoms with Gasteiger partial charge in [-0.05, 0) is 20.3 Å². The van der Waals surface area contributed by atoms with Crippen molar-refractivity contribution in [1.29, 1.82) is 0 Å². The van der Waals surface area contributed by atoms with Gasteiger partial charge in [-0.3, -0.25) is 0 Å². The topological polar surface area (TPSA) is 77.4 Å². The van der Waals surface area contributed by atoms with Gasteiger partial charge in [0.05, 0.1) is 5.97 Å². The van der Waals surface area contributed by atoms with Gasteiger partial charge in [-0.15, -0.1) is 0 Å². The van der Waals surface area contributed by atoms with Crippen molar-refractivity contribution in [2.24, 2.45) is 0 Å². The molecule has 0 saturated heterocycles. The molecule has 0 fully saturated rings. The monoisotopic (exact) mass is 165 g/mol. The van der Waals surface area contributed by atoms with Crippen LogP contribution in [0.2, 0.25) is 0 Å². The Balaban J connectivity index is 4.75. The van der Waals surface area contributed by atoms with Crippen LogP contribution in [0.5, 0.6) is 0 Å². The molecule has 0 amide bonds. The van der Waals surface area contributed by atoms with Crippen LogP contribution in [-0.2, 0) is 9.36 Å². The molecule has 0 aromatic heterocycles. The summed E-state index contributed by atoms with van der Waals surface area (Å²) in [6, 6.07) is 0. The van der Waals surface area contributed by atoms with Crippen LogP contribution in [0.15, 0.2) is 0 Å². The molecule has 0 rings (SSSR count). The number of carboxylic acids is 1. The fourth-order valence-corrected chi connectivity index (χ4v) is 0.660. The van der Waals surface area contributed by atoms with Crippen LogP contribution in [0.4, 0.5) is 0 Å². The van der Waals surface area contributed by atoms with Crippen LogP contribution in [0.25, 0.3) is 0 Å². The second-order valence-corrected chi connectivity index (χ2v) is 6.23. The summed E-state index contributed by atoms with van der Waals surface area (Å²) in [6.07, 6.45) is 0. The van der Waals surface area contributed by atoms with E-state index in [9.17, 15) is 14.5 Å². The number of carbonyl (C=O) groups is 1. The Morgan fingerprint density at radius 2 is 1.90 bits per heavy atom. The molecule has 0 saturated carbocycles. The summed E-state index contributed by atoms with van der Waals surface area (Å²) >= 11 is 0. The maximum atomic E-state index is 11.0. The Bertz CT molecular complexity index is 190. The van der Waals surface area contributed by atoms with E-state index in [0.29, 0.717) is 0 Å². The first kappa shape index (κ1) is 9.66. The smallest absolute Gasteiger partial charge is 0.153 e. The lowest BCUT2D eigenvalue weighted by Crippen LogP contribution is -2.45. The molecule has 10 heavy (non-hydrogen) atoms. The van der Waals surface area contributed by atoms with Crippen molar-refractivity contribution < 1.29 is 19.6 Å². The molecule has 0 aliphatic heterocycles. The highest BCUT2D eigenvalue weighted by Gasteiger charge is 2.35. The van der Waals surface area contributed by atoms with Gasteiger partial charge in [-0.25, -0.2) is 0 Å². The SMILES string of the molecule is CC(O)(C(=O)[O-])P(C)(C)=O.